The summed E-state index contributed by atoms with van der Waals surface area (Å²) in [4.78, 5) is 11.4. The number of hydrogen-bond donors (Lipinski definition) is 3. The van der Waals surface area contributed by atoms with E-state index >= 15 is 0 Å². The van der Waals surface area contributed by atoms with Gasteiger partial charge in [-0.25, -0.2) is 0 Å². The zero-order valence-electron chi connectivity index (χ0n) is 10.2. The molecule has 4 N–H and O–H groups in total. The van der Waals surface area contributed by atoms with Gasteiger partial charge >= 0.3 is 0 Å². The summed E-state index contributed by atoms with van der Waals surface area (Å²) in [5.41, 5.74) is 5.34. The van der Waals surface area contributed by atoms with E-state index in [1.54, 1.807) is 6.92 Å². The molecule has 0 aromatic rings. The summed E-state index contributed by atoms with van der Waals surface area (Å²) in [5.74, 6) is -0.0186. The number of amides is 1. The van der Waals surface area contributed by atoms with Gasteiger partial charge in [0.1, 0.15) is 0 Å². The molecule has 0 aliphatic rings. The maximum atomic E-state index is 11.4. The van der Waals surface area contributed by atoms with Crippen molar-refractivity contribution in [2.24, 2.45) is 10.9 Å². The zero-order valence-corrected chi connectivity index (χ0v) is 10.2. The van der Waals surface area contributed by atoms with Crippen LogP contribution >= 0.6 is 0 Å². The van der Waals surface area contributed by atoms with Crippen molar-refractivity contribution in [2.45, 2.75) is 58.4 Å². The van der Waals surface area contributed by atoms with Crippen molar-refractivity contribution < 1.29 is 10.0 Å². The molecule has 0 heterocycles. The number of carbonyl (C=O) groups is 1. The molecule has 0 radical (unpaired) electrons. The van der Waals surface area contributed by atoms with Crippen LogP contribution in [0.1, 0.15) is 52.4 Å². The van der Waals surface area contributed by atoms with Crippen LogP contribution in [-0.4, -0.2) is 23.0 Å². The van der Waals surface area contributed by atoms with Gasteiger partial charge in [0.05, 0.1) is 6.04 Å². The molecule has 0 aliphatic heterocycles. The van der Waals surface area contributed by atoms with Crippen molar-refractivity contribution in [2.75, 3.05) is 0 Å². The maximum Gasteiger partial charge on any atom is 0.220 e. The molecule has 0 aromatic carbocycles. The average Bonchev–Trinajstić information content (AvgIpc) is 2.27. The standard InChI is InChI=1S/C11H23N3O2/c1-3-4-5-6-7-8-10(15)13-9(2)11(12)14-16/h9,16H,3-8H2,1-2H3,(H2,12,14)(H,13,15). The zero-order chi connectivity index (χ0) is 12.4. The van der Waals surface area contributed by atoms with E-state index < -0.39 is 6.04 Å². The molecule has 16 heavy (non-hydrogen) atoms. The number of oxime groups is 1. The molecule has 5 heteroatoms. The molecular weight excluding hydrogens is 206 g/mol. The smallest absolute Gasteiger partial charge is 0.220 e. The summed E-state index contributed by atoms with van der Waals surface area (Å²) in [5, 5.41) is 13.9. The van der Waals surface area contributed by atoms with Crippen LogP contribution in [0.4, 0.5) is 0 Å². The number of nitrogens with one attached hydrogen (secondary N) is 1. The number of unbranched alkanes of at least 4 members (excludes halogenated alkanes) is 4. The van der Waals surface area contributed by atoms with Crippen LogP contribution in [0, 0.1) is 0 Å². The molecule has 0 aromatic heterocycles. The van der Waals surface area contributed by atoms with Gasteiger partial charge in [0, 0.05) is 6.42 Å². The Morgan fingerprint density at radius 2 is 2.00 bits per heavy atom. The lowest BCUT2D eigenvalue weighted by molar-refractivity contribution is -0.121. The fraction of sp³-hybridized carbons (Fsp3) is 0.818. The minimum atomic E-state index is -0.409. The topological polar surface area (TPSA) is 87.7 Å². The summed E-state index contributed by atoms with van der Waals surface area (Å²) in [6.45, 7) is 3.84. The summed E-state index contributed by atoms with van der Waals surface area (Å²) in [6, 6.07) is -0.409. The van der Waals surface area contributed by atoms with Gasteiger partial charge in [-0.05, 0) is 13.3 Å². The van der Waals surface area contributed by atoms with Gasteiger partial charge in [-0.15, -0.1) is 0 Å². The predicted molar refractivity (Wildman–Crippen MR) is 64.4 cm³/mol. The molecule has 0 saturated carbocycles. The van der Waals surface area contributed by atoms with E-state index in [0.717, 1.165) is 12.8 Å². The first kappa shape index (κ1) is 14.7. The van der Waals surface area contributed by atoms with Gasteiger partial charge in [-0.2, -0.15) is 0 Å². The molecule has 5 nitrogen and oxygen atoms in total. The van der Waals surface area contributed by atoms with Crippen LogP contribution in [0.2, 0.25) is 0 Å². The number of nitrogens with zero attached hydrogens (tertiary/aromatic N) is 1. The van der Waals surface area contributed by atoms with Crippen LogP contribution < -0.4 is 11.1 Å². The number of rotatable bonds is 8. The maximum absolute atomic E-state index is 11.4. The van der Waals surface area contributed by atoms with E-state index in [0.29, 0.717) is 6.42 Å². The first-order chi connectivity index (χ1) is 7.61. The highest BCUT2D eigenvalue weighted by molar-refractivity contribution is 5.89. The average molecular weight is 229 g/mol. The molecule has 0 saturated heterocycles. The first-order valence-electron chi connectivity index (χ1n) is 5.88. The Labute approximate surface area is 97.1 Å². The Morgan fingerprint density at radius 3 is 2.56 bits per heavy atom. The molecule has 94 valence electrons. The van der Waals surface area contributed by atoms with E-state index in [4.69, 9.17) is 10.9 Å². The Hall–Kier alpha value is -1.26. The van der Waals surface area contributed by atoms with Gasteiger partial charge in [-0.3, -0.25) is 4.79 Å². The van der Waals surface area contributed by atoms with Crippen LogP contribution in [0.5, 0.6) is 0 Å². The van der Waals surface area contributed by atoms with E-state index in [2.05, 4.69) is 17.4 Å². The van der Waals surface area contributed by atoms with Gasteiger partial charge in [0.15, 0.2) is 5.84 Å². The Balaban J connectivity index is 3.59. The summed E-state index contributed by atoms with van der Waals surface area (Å²) in [6.07, 6.45) is 6.09. The molecule has 0 bridgehead atoms. The Bertz CT molecular complexity index is 229. The number of carbonyl (C=O) groups excluding carboxylic acids is 1. The monoisotopic (exact) mass is 229 g/mol. The fourth-order valence-corrected chi connectivity index (χ4v) is 1.36. The Morgan fingerprint density at radius 1 is 1.38 bits per heavy atom. The number of hydrogen-bond acceptors (Lipinski definition) is 3. The third kappa shape index (κ3) is 7.09. The van der Waals surface area contributed by atoms with Crippen LogP contribution in [0.3, 0.4) is 0 Å². The third-order valence-electron chi connectivity index (χ3n) is 2.44. The van der Waals surface area contributed by atoms with E-state index in [1.165, 1.54) is 19.3 Å². The van der Waals surface area contributed by atoms with Crippen LogP contribution in [0.15, 0.2) is 5.16 Å². The minimum absolute atomic E-state index is 0.0272. The lowest BCUT2D eigenvalue weighted by atomic mass is 10.1. The van der Waals surface area contributed by atoms with Gasteiger partial charge in [0.2, 0.25) is 5.91 Å². The van der Waals surface area contributed by atoms with Crippen molar-refractivity contribution in [1.29, 1.82) is 0 Å². The third-order valence-corrected chi connectivity index (χ3v) is 2.44. The van der Waals surface area contributed by atoms with Gasteiger partial charge in [0.25, 0.3) is 0 Å². The normalized spacial score (nSPS) is 13.5. The lowest BCUT2D eigenvalue weighted by Gasteiger charge is -2.11. The van der Waals surface area contributed by atoms with E-state index in [-0.39, 0.29) is 11.7 Å². The second-order valence-corrected chi connectivity index (χ2v) is 3.98. The second-order valence-electron chi connectivity index (χ2n) is 3.98. The van der Waals surface area contributed by atoms with Crippen molar-refractivity contribution in [1.82, 2.24) is 5.32 Å². The number of amidine groups is 1. The Kier molecular flexibility index (Phi) is 8.29. The predicted octanol–water partition coefficient (Wildman–Crippen LogP) is 1.60. The SMILES string of the molecule is CCCCCCCC(=O)NC(C)/C(N)=N/O. The molecule has 0 fully saturated rings. The summed E-state index contributed by atoms with van der Waals surface area (Å²) < 4.78 is 0. The highest BCUT2D eigenvalue weighted by Gasteiger charge is 2.10. The minimum Gasteiger partial charge on any atom is -0.409 e. The highest BCUT2D eigenvalue weighted by atomic mass is 16.4. The molecule has 1 amide bonds. The quantitative estimate of drug-likeness (QED) is 0.194. The summed E-state index contributed by atoms with van der Waals surface area (Å²) >= 11 is 0. The summed E-state index contributed by atoms with van der Waals surface area (Å²) in [7, 11) is 0. The molecule has 1 atom stereocenters. The van der Waals surface area contributed by atoms with Crippen molar-refractivity contribution in [3.63, 3.8) is 0 Å². The van der Waals surface area contributed by atoms with Gasteiger partial charge in [-0.1, -0.05) is 37.8 Å². The molecule has 0 aliphatic carbocycles. The first-order valence-corrected chi connectivity index (χ1v) is 5.88. The van der Waals surface area contributed by atoms with Crippen molar-refractivity contribution in [3.8, 4) is 0 Å². The molecule has 0 spiro atoms. The van der Waals surface area contributed by atoms with Crippen molar-refractivity contribution >= 4 is 11.7 Å². The lowest BCUT2D eigenvalue weighted by Crippen LogP contribution is -2.42. The van der Waals surface area contributed by atoms with E-state index in [1.807, 2.05) is 0 Å². The fourth-order valence-electron chi connectivity index (χ4n) is 1.36. The van der Waals surface area contributed by atoms with Crippen LogP contribution in [0.25, 0.3) is 0 Å². The van der Waals surface area contributed by atoms with Crippen molar-refractivity contribution in [3.05, 3.63) is 0 Å². The van der Waals surface area contributed by atoms with Crippen LogP contribution in [-0.2, 0) is 4.79 Å². The molecular formula is C11H23N3O2. The largest absolute Gasteiger partial charge is 0.409 e. The highest BCUT2D eigenvalue weighted by Crippen LogP contribution is 2.04. The number of nitrogens with two attached hydrogens (primary N) is 1. The van der Waals surface area contributed by atoms with E-state index in [9.17, 15) is 4.79 Å². The second kappa shape index (κ2) is 9.00. The molecule has 0 rings (SSSR count). The molecule has 1 unspecified atom stereocenters. The van der Waals surface area contributed by atoms with Gasteiger partial charge < -0.3 is 16.3 Å².